The van der Waals surface area contributed by atoms with Crippen LogP contribution < -0.4 is 11.2 Å². The summed E-state index contributed by atoms with van der Waals surface area (Å²) in [6.07, 6.45) is 2.25. The van der Waals surface area contributed by atoms with Crippen LogP contribution in [0, 0.1) is 0 Å². The van der Waals surface area contributed by atoms with Crippen LogP contribution in [0.3, 0.4) is 0 Å². The molecule has 2 aromatic heterocycles. The van der Waals surface area contributed by atoms with Crippen molar-refractivity contribution in [2.75, 3.05) is 13.2 Å². The van der Waals surface area contributed by atoms with Gasteiger partial charge in [0.25, 0.3) is 5.56 Å². The zero-order chi connectivity index (χ0) is 15.1. The summed E-state index contributed by atoms with van der Waals surface area (Å²) in [4.78, 5) is 33.5. The van der Waals surface area contributed by atoms with Gasteiger partial charge >= 0.3 is 5.69 Å². The molecule has 0 radical (unpaired) electrons. The third kappa shape index (κ3) is 2.40. The van der Waals surface area contributed by atoms with Crippen molar-refractivity contribution >= 4 is 11.2 Å². The molecule has 0 aromatic carbocycles. The summed E-state index contributed by atoms with van der Waals surface area (Å²) < 4.78 is 2.43. The fourth-order valence-electron chi connectivity index (χ4n) is 2.60. The third-order valence-corrected chi connectivity index (χ3v) is 3.95. The summed E-state index contributed by atoms with van der Waals surface area (Å²) in [6, 6.07) is 0.483. The van der Waals surface area contributed by atoms with Crippen LogP contribution in [-0.4, -0.2) is 48.3 Å². The van der Waals surface area contributed by atoms with Crippen LogP contribution >= 0.6 is 0 Å². The van der Waals surface area contributed by atoms with Gasteiger partial charge in [-0.25, -0.2) is 9.78 Å². The quantitative estimate of drug-likeness (QED) is 0.731. The Morgan fingerprint density at radius 3 is 2.67 bits per heavy atom. The van der Waals surface area contributed by atoms with Gasteiger partial charge in [0.15, 0.2) is 5.65 Å². The lowest BCUT2D eigenvalue weighted by molar-refractivity contribution is 0.181. The minimum absolute atomic E-state index is 0.0942. The molecule has 1 saturated carbocycles. The molecule has 3 rings (SSSR count). The van der Waals surface area contributed by atoms with Crippen LogP contribution in [0.25, 0.3) is 11.2 Å². The third-order valence-electron chi connectivity index (χ3n) is 3.95. The summed E-state index contributed by atoms with van der Waals surface area (Å²) in [5.74, 6) is 0.642. The zero-order valence-corrected chi connectivity index (χ0v) is 12.2. The van der Waals surface area contributed by atoms with Crippen LogP contribution in [0.4, 0.5) is 0 Å². The zero-order valence-electron chi connectivity index (χ0n) is 12.2. The number of H-pyrrole nitrogens is 1. The molecule has 8 heteroatoms. The van der Waals surface area contributed by atoms with Crippen LogP contribution in [0.2, 0.25) is 0 Å². The normalized spacial score (nSPS) is 15.2. The summed E-state index contributed by atoms with van der Waals surface area (Å²) in [6.45, 7) is 1.22. The van der Waals surface area contributed by atoms with Crippen LogP contribution in [0.5, 0.6) is 0 Å². The molecule has 2 heterocycles. The van der Waals surface area contributed by atoms with Crippen LogP contribution in [-0.2, 0) is 20.6 Å². The summed E-state index contributed by atoms with van der Waals surface area (Å²) in [5.41, 5.74) is -0.0425. The molecule has 0 amide bonds. The molecule has 0 unspecified atom stereocenters. The molecular weight excluding hydrogens is 274 g/mol. The SMILES string of the molecule is Cn1c(=O)c2[nH]c(CN(CCO)C3CC3)nc2n(C)c1=O. The number of imidazole rings is 1. The highest BCUT2D eigenvalue weighted by Gasteiger charge is 2.29. The van der Waals surface area contributed by atoms with Gasteiger partial charge in [-0.3, -0.25) is 18.8 Å². The first kappa shape index (κ1) is 14.0. The monoisotopic (exact) mass is 293 g/mol. The molecule has 0 atom stereocenters. The van der Waals surface area contributed by atoms with Crippen molar-refractivity contribution in [2.24, 2.45) is 14.1 Å². The number of nitrogens with zero attached hydrogens (tertiary/aromatic N) is 4. The first-order valence-corrected chi connectivity index (χ1v) is 7.02. The summed E-state index contributed by atoms with van der Waals surface area (Å²) in [7, 11) is 3.05. The van der Waals surface area contributed by atoms with Crippen LogP contribution in [0.1, 0.15) is 18.7 Å². The predicted octanol–water partition coefficient (Wildman–Crippen LogP) is -1.08. The lowest BCUT2D eigenvalue weighted by Crippen LogP contribution is -2.36. The number of fused-ring (bicyclic) bond motifs is 1. The van der Waals surface area contributed by atoms with Gasteiger partial charge in [0, 0.05) is 26.7 Å². The van der Waals surface area contributed by atoms with Crippen molar-refractivity contribution in [1.29, 1.82) is 0 Å². The second-order valence-corrected chi connectivity index (χ2v) is 5.51. The van der Waals surface area contributed by atoms with Crippen molar-refractivity contribution in [1.82, 2.24) is 24.0 Å². The molecule has 1 fully saturated rings. The number of aliphatic hydroxyl groups excluding tert-OH is 1. The van der Waals surface area contributed by atoms with E-state index in [1.807, 2.05) is 0 Å². The number of aromatic amines is 1. The molecule has 0 spiro atoms. The van der Waals surface area contributed by atoms with E-state index in [2.05, 4.69) is 14.9 Å². The van der Waals surface area contributed by atoms with Crippen molar-refractivity contribution in [2.45, 2.75) is 25.4 Å². The van der Waals surface area contributed by atoms with E-state index in [1.54, 1.807) is 7.05 Å². The molecule has 21 heavy (non-hydrogen) atoms. The fourth-order valence-corrected chi connectivity index (χ4v) is 2.60. The number of hydrogen-bond acceptors (Lipinski definition) is 5. The Morgan fingerprint density at radius 1 is 1.33 bits per heavy atom. The lowest BCUT2D eigenvalue weighted by atomic mass is 10.4. The molecule has 2 N–H and O–H groups in total. The smallest absolute Gasteiger partial charge is 0.332 e. The van der Waals surface area contributed by atoms with E-state index < -0.39 is 0 Å². The van der Waals surface area contributed by atoms with E-state index in [-0.39, 0.29) is 17.9 Å². The maximum atomic E-state index is 12.1. The Balaban J connectivity index is 2.01. The predicted molar refractivity (Wildman–Crippen MR) is 77.1 cm³/mol. The molecule has 1 aliphatic carbocycles. The fraction of sp³-hybridized carbons (Fsp3) is 0.615. The van der Waals surface area contributed by atoms with Gasteiger partial charge in [-0.2, -0.15) is 0 Å². The number of hydrogen-bond donors (Lipinski definition) is 2. The maximum absolute atomic E-state index is 12.1. The van der Waals surface area contributed by atoms with Crippen molar-refractivity contribution in [3.63, 3.8) is 0 Å². The Morgan fingerprint density at radius 2 is 2.05 bits per heavy atom. The van der Waals surface area contributed by atoms with Gasteiger partial charge in [-0.15, -0.1) is 0 Å². The van der Waals surface area contributed by atoms with E-state index in [1.165, 1.54) is 11.6 Å². The summed E-state index contributed by atoms with van der Waals surface area (Å²) >= 11 is 0. The average molecular weight is 293 g/mol. The minimum Gasteiger partial charge on any atom is -0.395 e. The second kappa shape index (κ2) is 5.12. The Bertz CT molecular complexity index is 783. The molecule has 8 nitrogen and oxygen atoms in total. The highest BCUT2D eigenvalue weighted by Crippen LogP contribution is 2.27. The number of nitrogens with one attached hydrogen (secondary N) is 1. The van der Waals surface area contributed by atoms with E-state index in [4.69, 9.17) is 5.11 Å². The van der Waals surface area contributed by atoms with Crippen molar-refractivity contribution in [3.8, 4) is 0 Å². The molecule has 2 aromatic rings. The maximum Gasteiger partial charge on any atom is 0.332 e. The molecular formula is C13H19N5O3. The number of aliphatic hydroxyl groups is 1. The van der Waals surface area contributed by atoms with Crippen molar-refractivity contribution < 1.29 is 5.11 Å². The van der Waals surface area contributed by atoms with E-state index in [0.717, 1.165) is 17.4 Å². The largest absolute Gasteiger partial charge is 0.395 e. The Hall–Kier alpha value is -1.93. The topological polar surface area (TPSA) is 96.2 Å². The first-order chi connectivity index (χ1) is 10.0. The standard InChI is InChI=1S/C13H19N5O3/c1-16-11-10(12(20)17(2)13(16)21)14-9(15-11)7-18(5-6-19)8-3-4-8/h8,19H,3-7H2,1-2H3,(H,14,15). The number of rotatable bonds is 5. The van der Waals surface area contributed by atoms with E-state index in [9.17, 15) is 9.59 Å². The van der Waals surface area contributed by atoms with Gasteiger partial charge in [0.05, 0.1) is 13.2 Å². The summed E-state index contributed by atoms with van der Waals surface area (Å²) in [5, 5.41) is 9.12. The van der Waals surface area contributed by atoms with Gasteiger partial charge in [0.2, 0.25) is 0 Å². The highest BCUT2D eigenvalue weighted by molar-refractivity contribution is 5.69. The minimum atomic E-state index is -0.389. The van der Waals surface area contributed by atoms with Crippen molar-refractivity contribution in [3.05, 3.63) is 26.7 Å². The van der Waals surface area contributed by atoms with Gasteiger partial charge in [0.1, 0.15) is 11.3 Å². The molecule has 0 bridgehead atoms. The first-order valence-electron chi connectivity index (χ1n) is 7.02. The Kier molecular flexibility index (Phi) is 3.42. The van der Waals surface area contributed by atoms with E-state index >= 15 is 0 Å². The average Bonchev–Trinajstić information content (AvgIpc) is 3.23. The lowest BCUT2D eigenvalue weighted by Gasteiger charge is -2.18. The molecule has 0 saturated heterocycles. The van der Waals surface area contributed by atoms with Crippen LogP contribution in [0.15, 0.2) is 9.59 Å². The molecule has 114 valence electrons. The second-order valence-electron chi connectivity index (χ2n) is 5.51. The van der Waals surface area contributed by atoms with Gasteiger partial charge in [-0.05, 0) is 12.8 Å². The molecule has 0 aliphatic heterocycles. The Labute approximate surface area is 120 Å². The van der Waals surface area contributed by atoms with E-state index in [0.29, 0.717) is 36.1 Å². The number of aryl methyl sites for hydroxylation is 1. The highest BCUT2D eigenvalue weighted by atomic mass is 16.3. The van der Waals surface area contributed by atoms with Gasteiger partial charge < -0.3 is 10.1 Å². The molecule has 1 aliphatic rings. The van der Waals surface area contributed by atoms with Gasteiger partial charge in [-0.1, -0.05) is 0 Å². The number of aromatic nitrogens is 4.